The van der Waals surface area contributed by atoms with Gasteiger partial charge in [-0.25, -0.2) is 4.98 Å². The molecular weight excluding hydrogens is 260 g/mol. The van der Waals surface area contributed by atoms with E-state index in [1.807, 2.05) is 19.1 Å². The maximum absolute atomic E-state index is 5.92. The Balaban J connectivity index is 1.75. The summed E-state index contributed by atoms with van der Waals surface area (Å²) in [5.74, 6) is 1.52. The van der Waals surface area contributed by atoms with E-state index in [9.17, 15) is 0 Å². The zero-order valence-electron chi connectivity index (χ0n) is 12.9. The lowest BCUT2D eigenvalue weighted by Gasteiger charge is -2.10. The monoisotopic (exact) mass is 282 g/mol. The number of rotatable bonds is 5. The molecule has 3 nitrogen and oxygen atoms in total. The van der Waals surface area contributed by atoms with E-state index in [4.69, 9.17) is 4.74 Å². The molecular formula is C18H22N2O. The smallest absolute Gasteiger partial charge is 0.219 e. The van der Waals surface area contributed by atoms with E-state index in [0.717, 1.165) is 18.0 Å². The molecule has 0 aliphatic heterocycles. The molecule has 1 N–H and O–H groups in total. The summed E-state index contributed by atoms with van der Waals surface area (Å²) < 4.78 is 5.92. The highest BCUT2D eigenvalue weighted by Crippen LogP contribution is 2.24. The van der Waals surface area contributed by atoms with Gasteiger partial charge in [-0.3, -0.25) is 0 Å². The Kier molecular flexibility index (Phi) is 3.93. The standard InChI is InChI=1S/C18H22N2O/c1-12-4-7-17(8-13(12)2)21-18-10-15(9-14(3)20-18)11-19-16-5-6-16/h4,7-10,16,19H,5-6,11H2,1-3H3. The molecule has 0 radical (unpaired) electrons. The summed E-state index contributed by atoms with van der Waals surface area (Å²) in [4.78, 5) is 4.47. The Morgan fingerprint density at radius 2 is 1.90 bits per heavy atom. The fourth-order valence-corrected chi connectivity index (χ4v) is 2.31. The number of aryl methyl sites for hydroxylation is 3. The second-order valence-corrected chi connectivity index (χ2v) is 5.96. The molecule has 110 valence electrons. The third-order valence-corrected chi connectivity index (χ3v) is 3.86. The molecule has 1 fully saturated rings. The first-order valence-electron chi connectivity index (χ1n) is 7.56. The Hall–Kier alpha value is -1.87. The molecule has 0 saturated heterocycles. The summed E-state index contributed by atoms with van der Waals surface area (Å²) >= 11 is 0. The van der Waals surface area contributed by atoms with Crippen molar-refractivity contribution in [3.05, 3.63) is 52.7 Å². The maximum Gasteiger partial charge on any atom is 0.219 e. The summed E-state index contributed by atoms with van der Waals surface area (Å²) in [7, 11) is 0. The van der Waals surface area contributed by atoms with E-state index in [2.05, 4.69) is 42.3 Å². The first-order valence-corrected chi connectivity index (χ1v) is 7.56. The lowest BCUT2D eigenvalue weighted by atomic mass is 10.1. The zero-order chi connectivity index (χ0) is 14.8. The predicted molar refractivity (Wildman–Crippen MR) is 84.8 cm³/mol. The molecule has 1 aromatic heterocycles. The molecule has 1 heterocycles. The Bertz CT molecular complexity index is 648. The van der Waals surface area contributed by atoms with Crippen molar-refractivity contribution in [2.75, 3.05) is 0 Å². The van der Waals surface area contributed by atoms with Gasteiger partial charge in [0.15, 0.2) is 0 Å². The normalized spacial score (nSPS) is 14.2. The van der Waals surface area contributed by atoms with Crippen LogP contribution >= 0.6 is 0 Å². The van der Waals surface area contributed by atoms with Crippen LogP contribution in [0.25, 0.3) is 0 Å². The van der Waals surface area contributed by atoms with Gasteiger partial charge in [0.2, 0.25) is 5.88 Å². The van der Waals surface area contributed by atoms with Gasteiger partial charge in [-0.05, 0) is 68.5 Å². The molecule has 3 rings (SSSR count). The van der Waals surface area contributed by atoms with Crippen molar-refractivity contribution in [2.45, 2.75) is 46.2 Å². The second kappa shape index (κ2) is 5.86. The molecule has 1 saturated carbocycles. The van der Waals surface area contributed by atoms with Crippen LogP contribution < -0.4 is 10.1 Å². The highest BCUT2D eigenvalue weighted by molar-refractivity contribution is 5.36. The number of hydrogen-bond acceptors (Lipinski definition) is 3. The Labute approximate surface area is 126 Å². The number of nitrogens with zero attached hydrogens (tertiary/aromatic N) is 1. The summed E-state index contributed by atoms with van der Waals surface area (Å²) in [6, 6.07) is 11.0. The number of ether oxygens (including phenoxy) is 1. The first kappa shape index (κ1) is 14.1. The molecule has 1 aromatic carbocycles. The van der Waals surface area contributed by atoms with Crippen molar-refractivity contribution in [1.82, 2.24) is 10.3 Å². The zero-order valence-corrected chi connectivity index (χ0v) is 12.9. The molecule has 2 aromatic rings. The van der Waals surface area contributed by atoms with E-state index < -0.39 is 0 Å². The molecule has 3 heteroatoms. The summed E-state index contributed by atoms with van der Waals surface area (Å²) in [6.45, 7) is 7.09. The van der Waals surface area contributed by atoms with E-state index in [-0.39, 0.29) is 0 Å². The number of pyridine rings is 1. The number of nitrogens with one attached hydrogen (secondary N) is 1. The van der Waals surface area contributed by atoms with Gasteiger partial charge in [0.05, 0.1) is 0 Å². The lowest BCUT2D eigenvalue weighted by Crippen LogP contribution is -2.15. The van der Waals surface area contributed by atoms with Crippen LogP contribution in [-0.4, -0.2) is 11.0 Å². The minimum atomic E-state index is 0.672. The van der Waals surface area contributed by atoms with Crippen LogP contribution in [0.2, 0.25) is 0 Å². The first-order chi connectivity index (χ1) is 10.1. The predicted octanol–water partition coefficient (Wildman–Crippen LogP) is 4.05. The van der Waals surface area contributed by atoms with E-state index in [1.165, 1.54) is 29.5 Å². The minimum absolute atomic E-state index is 0.672. The topological polar surface area (TPSA) is 34.1 Å². The van der Waals surface area contributed by atoms with Gasteiger partial charge < -0.3 is 10.1 Å². The quantitative estimate of drug-likeness (QED) is 0.898. The summed E-state index contributed by atoms with van der Waals surface area (Å²) in [5.41, 5.74) is 4.72. The van der Waals surface area contributed by atoms with Gasteiger partial charge in [-0.1, -0.05) is 6.07 Å². The lowest BCUT2D eigenvalue weighted by molar-refractivity contribution is 0.460. The summed E-state index contributed by atoms with van der Waals surface area (Å²) in [6.07, 6.45) is 2.60. The highest BCUT2D eigenvalue weighted by Gasteiger charge is 2.20. The van der Waals surface area contributed by atoms with Crippen LogP contribution in [0.4, 0.5) is 0 Å². The van der Waals surface area contributed by atoms with Gasteiger partial charge in [0.25, 0.3) is 0 Å². The van der Waals surface area contributed by atoms with Crippen molar-refractivity contribution in [3.63, 3.8) is 0 Å². The van der Waals surface area contributed by atoms with Crippen molar-refractivity contribution in [1.29, 1.82) is 0 Å². The largest absolute Gasteiger partial charge is 0.439 e. The average molecular weight is 282 g/mol. The Morgan fingerprint density at radius 1 is 1.10 bits per heavy atom. The van der Waals surface area contributed by atoms with Crippen molar-refractivity contribution >= 4 is 0 Å². The Morgan fingerprint density at radius 3 is 2.62 bits per heavy atom. The third kappa shape index (κ3) is 3.82. The molecule has 0 atom stereocenters. The van der Waals surface area contributed by atoms with Gasteiger partial charge in [0.1, 0.15) is 5.75 Å². The molecule has 21 heavy (non-hydrogen) atoms. The fraction of sp³-hybridized carbons (Fsp3) is 0.389. The molecule has 0 unspecified atom stereocenters. The van der Waals surface area contributed by atoms with Crippen molar-refractivity contribution in [3.8, 4) is 11.6 Å². The van der Waals surface area contributed by atoms with Gasteiger partial charge in [0, 0.05) is 24.3 Å². The fourth-order valence-electron chi connectivity index (χ4n) is 2.31. The van der Waals surface area contributed by atoms with E-state index in [0.29, 0.717) is 11.9 Å². The third-order valence-electron chi connectivity index (χ3n) is 3.86. The van der Waals surface area contributed by atoms with Gasteiger partial charge in [-0.2, -0.15) is 0 Å². The van der Waals surface area contributed by atoms with Crippen LogP contribution in [0.3, 0.4) is 0 Å². The second-order valence-electron chi connectivity index (χ2n) is 5.96. The van der Waals surface area contributed by atoms with Crippen LogP contribution in [0, 0.1) is 20.8 Å². The highest BCUT2D eigenvalue weighted by atomic mass is 16.5. The van der Waals surface area contributed by atoms with Crippen LogP contribution in [0.15, 0.2) is 30.3 Å². The molecule has 0 bridgehead atoms. The number of benzene rings is 1. The molecule has 1 aliphatic rings. The summed E-state index contributed by atoms with van der Waals surface area (Å²) in [5, 5.41) is 3.52. The van der Waals surface area contributed by atoms with Crippen LogP contribution in [-0.2, 0) is 6.54 Å². The minimum Gasteiger partial charge on any atom is -0.439 e. The van der Waals surface area contributed by atoms with Crippen LogP contribution in [0.5, 0.6) is 11.6 Å². The number of hydrogen-bond donors (Lipinski definition) is 1. The molecule has 1 aliphatic carbocycles. The van der Waals surface area contributed by atoms with Gasteiger partial charge in [-0.15, -0.1) is 0 Å². The average Bonchev–Trinajstić information content (AvgIpc) is 3.24. The van der Waals surface area contributed by atoms with Gasteiger partial charge >= 0.3 is 0 Å². The van der Waals surface area contributed by atoms with E-state index >= 15 is 0 Å². The van der Waals surface area contributed by atoms with Crippen LogP contribution in [0.1, 0.15) is 35.2 Å². The number of aromatic nitrogens is 1. The van der Waals surface area contributed by atoms with Crippen molar-refractivity contribution in [2.24, 2.45) is 0 Å². The molecule has 0 spiro atoms. The molecule has 0 amide bonds. The maximum atomic E-state index is 5.92. The van der Waals surface area contributed by atoms with Crippen molar-refractivity contribution < 1.29 is 4.74 Å². The van der Waals surface area contributed by atoms with E-state index in [1.54, 1.807) is 0 Å². The SMILES string of the molecule is Cc1cc(CNC2CC2)cc(Oc2ccc(C)c(C)c2)n1.